The van der Waals surface area contributed by atoms with E-state index in [4.69, 9.17) is 5.11 Å². The number of sulfone groups is 1. The zero-order valence-corrected chi connectivity index (χ0v) is 7.35. The minimum Gasteiger partial charge on any atom is -0.479 e. The Balaban J connectivity index is 2.92. The van der Waals surface area contributed by atoms with Crippen LogP contribution in [-0.4, -0.2) is 42.8 Å². The number of alkyl halides is 2. The number of carbonyl (C=O) groups is 1. The number of aliphatic carboxylic acids is 1. The summed E-state index contributed by atoms with van der Waals surface area (Å²) in [7, 11) is -3.61. The number of rotatable bonds is 1. The summed E-state index contributed by atoms with van der Waals surface area (Å²) in [6.45, 7) is 0. The van der Waals surface area contributed by atoms with Gasteiger partial charge in [0, 0.05) is 6.42 Å². The molecule has 0 radical (unpaired) electrons. The monoisotopic (exact) mass is 214 g/mol. The van der Waals surface area contributed by atoms with Crippen molar-refractivity contribution < 1.29 is 27.1 Å². The van der Waals surface area contributed by atoms with Crippen molar-refractivity contribution in [2.45, 2.75) is 18.3 Å². The molecule has 0 spiro atoms. The molecule has 4 nitrogen and oxygen atoms in total. The molecule has 76 valence electrons. The van der Waals surface area contributed by atoms with Crippen LogP contribution in [0.2, 0.25) is 0 Å². The van der Waals surface area contributed by atoms with Gasteiger partial charge in [-0.25, -0.2) is 22.0 Å². The number of hydrogen-bond acceptors (Lipinski definition) is 3. The maximum atomic E-state index is 13.2. The summed E-state index contributed by atoms with van der Waals surface area (Å²) in [5, 5.41) is 8.33. The van der Waals surface area contributed by atoms with Crippen molar-refractivity contribution in [2.24, 2.45) is 0 Å². The zero-order valence-electron chi connectivity index (χ0n) is 6.53. The van der Waals surface area contributed by atoms with Crippen LogP contribution in [0.3, 0.4) is 0 Å². The third kappa shape index (κ3) is 1.79. The molecule has 0 aliphatic carbocycles. The largest absolute Gasteiger partial charge is 0.479 e. The quantitative estimate of drug-likeness (QED) is 0.663. The fraction of sp³-hybridized carbons (Fsp3) is 0.833. The number of carboxylic acid groups (broad SMARTS) is 1. The van der Waals surface area contributed by atoms with Gasteiger partial charge in [0.15, 0.2) is 16.0 Å². The van der Waals surface area contributed by atoms with Crippen LogP contribution in [0.1, 0.15) is 6.42 Å². The maximum Gasteiger partial charge on any atom is 0.344 e. The van der Waals surface area contributed by atoms with Crippen LogP contribution in [0.15, 0.2) is 0 Å². The summed E-state index contributed by atoms with van der Waals surface area (Å²) >= 11 is 0. The molecule has 13 heavy (non-hydrogen) atoms. The van der Waals surface area contributed by atoms with Crippen molar-refractivity contribution in [3.8, 4) is 0 Å². The fourth-order valence-corrected chi connectivity index (χ4v) is 2.62. The lowest BCUT2D eigenvalue weighted by atomic mass is 9.98. The van der Waals surface area contributed by atoms with E-state index in [0.29, 0.717) is 0 Å². The van der Waals surface area contributed by atoms with Crippen LogP contribution in [0.4, 0.5) is 8.78 Å². The highest BCUT2D eigenvalue weighted by atomic mass is 32.2. The van der Waals surface area contributed by atoms with Crippen molar-refractivity contribution in [3.05, 3.63) is 0 Å². The van der Waals surface area contributed by atoms with Crippen LogP contribution in [0, 0.1) is 0 Å². The van der Waals surface area contributed by atoms with Crippen molar-refractivity contribution in [1.29, 1.82) is 0 Å². The lowest BCUT2D eigenvalue weighted by molar-refractivity contribution is -0.155. The SMILES string of the molecule is O=C(O)C1(F)CCS(=O)(=O)CC1F. The van der Waals surface area contributed by atoms with Crippen LogP contribution >= 0.6 is 0 Å². The molecule has 1 N–H and O–H groups in total. The predicted molar refractivity (Wildman–Crippen MR) is 39.6 cm³/mol. The van der Waals surface area contributed by atoms with Gasteiger partial charge >= 0.3 is 5.97 Å². The van der Waals surface area contributed by atoms with E-state index >= 15 is 0 Å². The Kier molecular flexibility index (Phi) is 2.31. The first-order valence-electron chi connectivity index (χ1n) is 3.55. The smallest absolute Gasteiger partial charge is 0.344 e. The second-order valence-electron chi connectivity index (χ2n) is 3.00. The first-order valence-corrected chi connectivity index (χ1v) is 5.37. The minimum atomic E-state index is -3.61. The minimum absolute atomic E-state index is 0.615. The topological polar surface area (TPSA) is 71.4 Å². The molecule has 2 atom stereocenters. The molecule has 1 heterocycles. The van der Waals surface area contributed by atoms with Gasteiger partial charge in [-0.05, 0) is 0 Å². The second-order valence-corrected chi connectivity index (χ2v) is 5.23. The van der Waals surface area contributed by atoms with Crippen LogP contribution in [0.25, 0.3) is 0 Å². The highest BCUT2D eigenvalue weighted by Gasteiger charge is 2.52. The molecule has 7 heteroatoms. The van der Waals surface area contributed by atoms with Crippen LogP contribution in [-0.2, 0) is 14.6 Å². The number of carboxylic acids is 1. The molecule has 0 saturated carbocycles. The average Bonchev–Trinajstić information content (AvgIpc) is 1.96. The molecule has 1 fully saturated rings. The van der Waals surface area contributed by atoms with E-state index in [1.807, 2.05) is 0 Å². The van der Waals surface area contributed by atoms with Gasteiger partial charge in [-0.1, -0.05) is 0 Å². The Hall–Kier alpha value is -0.720. The van der Waals surface area contributed by atoms with E-state index in [-0.39, 0.29) is 0 Å². The summed E-state index contributed by atoms with van der Waals surface area (Å²) in [5.74, 6) is -3.60. The van der Waals surface area contributed by atoms with Crippen LogP contribution < -0.4 is 0 Å². The highest BCUT2D eigenvalue weighted by Crippen LogP contribution is 2.30. The Bertz CT molecular complexity index is 326. The third-order valence-electron chi connectivity index (χ3n) is 2.03. The zero-order chi connectivity index (χ0) is 10.3. The van der Waals surface area contributed by atoms with Gasteiger partial charge in [-0.2, -0.15) is 0 Å². The van der Waals surface area contributed by atoms with Gasteiger partial charge in [-0.15, -0.1) is 0 Å². The van der Waals surface area contributed by atoms with Crippen molar-refractivity contribution in [3.63, 3.8) is 0 Å². The molecule has 1 aliphatic rings. The van der Waals surface area contributed by atoms with E-state index in [1.165, 1.54) is 0 Å². The lowest BCUT2D eigenvalue weighted by Crippen LogP contribution is -2.51. The molecule has 0 bridgehead atoms. The Labute approximate surface area is 73.5 Å². The lowest BCUT2D eigenvalue weighted by Gasteiger charge is -2.28. The predicted octanol–water partition coefficient (Wildman–Crippen LogP) is -0.0641. The summed E-state index contributed by atoms with van der Waals surface area (Å²) < 4.78 is 47.6. The van der Waals surface area contributed by atoms with E-state index in [1.54, 1.807) is 0 Å². The van der Waals surface area contributed by atoms with Gasteiger partial charge in [0.05, 0.1) is 11.5 Å². The highest BCUT2D eigenvalue weighted by molar-refractivity contribution is 7.91. The standard InChI is InChI=1S/C6H8F2O4S/c7-4-3-13(11,12)2-1-6(4,8)5(9)10/h4H,1-3H2,(H,9,10). The summed E-state index contributed by atoms with van der Waals surface area (Å²) in [4.78, 5) is 10.3. The number of hydrogen-bond donors (Lipinski definition) is 1. The molecule has 2 unspecified atom stereocenters. The van der Waals surface area contributed by atoms with E-state index in [0.717, 1.165) is 0 Å². The van der Waals surface area contributed by atoms with Gasteiger partial charge in [0.1, 0.15) is 0 Å². The Morgan fingerprint density at radius 3 is 2.46 bits per heavy atom. The van der Waals surface area contributed by atoms with Crippen molar-refractivity contribution in [2.75, 3.05) is 11.5 Å². The summed E-state index contributed by atoms with van der Waals surface area (Å²) in [6.07, 6.45) is -3.28. The molecule has 0 amide bonds. The van der Waals surface area contributed by atoms with Crippen LogP contribution in [0.5, 0.6) is 0 Å². The summed E-state index contributed by atoms with van der Waals surface area (Å²) in [5.41, 5.74) is -3.04. The molecular formula is C6H8F2O4S. The first-order chi connectivity index (χ1) is 5.78. The average molecular weight is 214 g/mol. The Morgan fingerprint density at radius 2 is 2.08 bits per heavy atom. The molecule has 1 rings (SSSR count). The van der Waals surface area contributed by atoms with E-state index in [9.17, 15) is 22.0 Å². The van der Waals surface area contributed by atoms with Crippen molar-refractivity contribution >= 4 is 15.8 Å². The van der Waals surface area contributed by atoms with E-state index < -0.39 is 45.6 Å². The molecule has 1 saturated heterocycles. The van der Waals surface area contributed by atoms with Gasteiger partial charge in [-0.3, -0.25) is 0 Å². The normalized spacial score (nSPS) is 38.5. The molecule has 0 aromatic heterocycles. The number of halogens is 2. The maximum absolute atomic E-state index is 13.2. The Morgan fingerprint density at radius 1 is 1.54 bits per heavy atom. The molecule has 0 aromatic rings. The molecular weight excluding hydrogens is 206 g/mol. The van der Waals surface area contributed by atoms with Crippen molar-refractivity contribution in [1.82, 2.24) is 0 Å². The molecule has 1 aliphatic heterocycles. The second kappa shape index (κ2) is 2.90. The van der Waals surface area contributed by atoms with Gasteiger partial charge in [0.25, 0.3) is 0 Å². The molecule has 0 aromatic carbocycles. The first kappa shape index (κ1) is 10.4. The fourth-order valence-electron chi connectivity index (χ4n) is 1.14. The van der Waals surface area contributed by atoms with E-state index in [2.05, 4.69) is 0 Å². The van der Waals surface area contributed by atoms with Gasteiger partial charge in [0.2, 0.25) is 5.67 Å². The third-order valence-corrected chi connectivity index (χ3v) is 3.66. The summed E-state index contributed by atoms with van der Waals surface area (Å²) in [6, 6.07) is 0. The van der Waals surface area contributed by atoms with Gasteiger partial charge < -0.3 is 5.11 Å².